The van der Waals surface area contributed by atoms with E-state index in [9.17, 15) is 14.4 Å². The van der Waals surface area contributed by atoms with Crippen LogP contribution in [0.5, 0.6) is 0 Å². The molecule has 0 aromatic carbocycles. The van der Waals surface area contributed by atoms with Crippen LogP contribution in [0, 0.1) is 0 Å². The molecular weight excluding hydrogens is 560 g/mol. The number of rotatable bonds is 13. The number of hydrogen-bond donors (Lipinski definition) is 1. The molecule has 1 heterocycles. The van der Waals surface area contributed by atoms with Crippen molar-refractivity contribution in [2.24, 2.45) is 0 Å². The zero-order valence-electron chi connectivity index (χ0n) is 23.2. The molecule has 1 rings (SSSR count). The maximum Gasteiger partial charge on any atom is 0.408 e. The van der Waals surface area contributed by atoms with Crippen molar-refractivity contribution in [1.82, 2.24) is 10.3 Å². The minimum Gasteiger partial charge on any atom is -0.461 e. The molecule has 1 N–H and O–H groups in total. The molecule has 1 aromatic rings. The average molecular weight is 602 g/mol. The molecule has 0 radical (unpaired) electrons. The van der Waals surface area contributed by atoms with Gasteiger partial charge in [-0.05, 0) is 78.3 Å². The molecule has 0 spiro atoms. The Balaban J connectivity index is 2.80. The predicted molar refractivity (Wildman–Crippen MR) is 150 cm³/mol. The summed E-state index contributed by atoms with van der Waals surface area (Å²) in [6.45, 7) is 14.3. The summed E-state index contributed by atoms with van der Waals surface area (Å²) in [7, 11) is 0. The Hall–Kier alpha value is -2.20. The Kier molecular flexibility index (Phi) is 14.1. The summed E-state index contributed by atoms with van der Waals surface area (Å²) in [6, 6.07) is -0.832. The number of ether oxygens (including phenoxy) is 3. The van der Waals surface area contributed by atoms with Crippen LogP contribution in [0.2, 0.25) is 0 Å². The van der Waals surface area contributed by atoms with Crippen molar-refractivity contribution in [3.63, 3.8) is 0 Å². The Morgan fingerprint density at radius 3 is 2.43 bits per heavy atom. The highest BCUT2D eigenvalue weighted by molar-refractivity contribution is 9.11. The van der Waals surface area contributed by atoms with Gasteiger partial charge in [0.05, 0.1) is 10.7 Å². The number of hydrogen-bond acceptors (Lipinski definition) is 8. The van der Waals surface area contributed by atoms with Gasteiger partial charge >= 0.3 is 18.0 Å². The van der Waals surface area contributed by atoms with Crippen LogP contribution < -0.4 is 5.32 Å². The number of carbonyl (C=O) groups is 3. The lowest BCUT2D eigenvalue weighted by Gasteiger charge is -2.24. The summed E-state index contributed by atoms with van der Waals surface area (Å²) in [5, 5.41) is 5.48. The van der Waals surface area contributed by atoms with Crippen LogP contribution in [0.4, 0.5) is 4.79 Å². The molecular formula is C27H41BrN2O6S. The molecule has 1 aromatic heterocycles. The van der Waals surface area contributed by atoms with Crippen molar-refractivity contribution in [1.29, 1.82) is 0 Å². The third-order valence-corrected chi connectivity index (χ3v) is 6.21. The molecule has 3 atom stereocenters. The number of allylic oxidation sites excluding steroid dienone is 2. The number of nitrogens with zero attached hydrogens (tertiary/aromatic N) is 1. The molecule has 0 saturated carbocycles. The van der Waals surface area contributed by atoms with Crippen LogP contribution in [-0.4, -0.2) is 46.9 Å². The number of thiazole rings is 1. The van der Waals surface area contributed by atoms with Gasteiger partial charge < -0.3 is 19.5 Å². The van der Waals surface area contributed by atoms with Gasteiger partial charge in [0.15, 0.2) is 0 Å². The maximum atomic E-state index is 12.9. The topological polar surface area (TPSA) is 104 Å². The summed E-state index contributed by atoms with van der Waals surface area (Å²) < 4.78 is 17.2. The molecule has 208 valence electrons. The third-order valence-electron chi connectivity index (χ3n) is 5.03. The van der Waals surface area contributed by atoms with Crippen molar-refractivity contribution in [2.45, 2.75) is 111 Å². The first-order valence-electron chi connectivity index (χ1n) is 12.4. The number of nitrogens with one attached hydrogen (secondary N) is 1. The summed E-state index contributed by atoms with van der Waals surface area (Å²) in [6.07, 6.45) is 5.15. The minimum absolute atomic E-state index is 0.310. The van der Waals surface area contributed by atoms with Crippen molar-refractivity contribution in [3.8, 4) is 0 Å². The highest BCUT2D eigenvalue weighted by Gasteiger charge is 2.26. The molecule has 0 fully saturated rings. The number of esters is 2. The van der Waals surface area contributed by atoms with Crippen LogP contribution >= 0.6 is 27.3 Å². The molecule has 37 heavy (non-hydrogen) atoms. The summed E-state index contributed by atoms with van der Waals surface area (Å²) in [5.41, 5.74) is 1.31. The van der Waals surface area contributed by atoms with E-state index in [1.54, 1.807) is 20.8 Å². The van der Waals surface area contributed by atoms with Crippen LogP contribution in [0.15, 0.2) is 27.6 Å². The fraction of sp³-hybridized carbons (Fsp3) is 0.630. The largest absolute Gasteiger partial charge is 0.461 e. The zero-order chi connectivity index (χ0) is 28.2. The van der Waals surface area contributed by atoms with E-state index in [2.05, 4.69) is 26.2 Å². The van der Waals surface area contributed by atoms with Crippen molar-refractivity contribution in [3.05, 3.63) is 38.3 Å². The lowest BCUT2D eigenvalue weighted by Crippen LogP contribution is -2.45. The lowest BCUT2D eigenvalue weighted by molar-refractivity contribution is -0.151. The standard InChI is InChI=1S/C27H41BrN2O6S/c1-9-17(2)13-19(4)34-25(32)23(30-26(33)36-27(6,7)8)12-10-11-21-16-37-24(29-21)15-22(14-18(3)28)35-20(5)31/h9,14,16,19,22-23H,10-13,15H2,1-8H3,(H,30,33)/b17-9+,18-14+/t19-,22+,23+/m0/s1. The van der Waals surface area contributed by atoms with Crippen LogP contribution in [0.3, 0.4) is 0 Å². The monoisotopic (exact) mass is 600 g/mol. The van der Waals surface area contributed by atoms with Gasteiger partial charge in [0.25, 0.3) is 0 Å². The maximum absolute atomic E-state index is 12.9. The summed E-state index contributed by atoms with van der Waals surface area (Å²) >= 11 is 4.88. The van der Waals surface area contributed by atoms with Crippen molar-refractivity contribution >= 4 is 45.3 Å². The quantitative estimate of drug-likeness (QED) is 0.158. The first kappa shape index (κ1) is 32.8. The van der Waals surface area contributed by atoms with Gasteiger partial charge in [0.2, 0.25) is 0 Å². The van der Waals surface area contributed by atoms with E-state index >= 15 is 0 Å². The van der Waals surface area contributed by atoms with Gasteiger partial charge in [-0.15, -0.1) is 11.3 Å². The SMILES string of the molecule is C/C=C(\C)C[C@H](C)OC(=O)[C@@H](CCCc1csc(C[C@@H](/C=C(\C)Br)OC(C)=O)n1)NC(=O)OC(C)(C)C. The summed E-state index contributed by atoms with van der Waals surface area (Å²) in [5.74, 6) is -0.834. The van der Waals surface area contributed by atoms with E-state index in [0.29, 0.717) is 32.1 Å². The second kappa shape index (κ2) is 15.9. The minimum atomic E-state index is -0.832. The molecule has 0 aliphatic rings. The van der Waals surface area contributed by atoms with E-state index in [1.807, 2.05) is 45.2 Å². The molecule has 1 amide bonds. The van der Waals surface area contributed by atoms with Crippen LogP contribution in [-0.2, 0) is 36.6 Å². The number of aromatic nitrogens is 1. The number of halogens is 1. The highest BCUT2D eigenvalue weighted by atomic mass is 79.9. The lowest BCUT2D eigenvalue weighted by atomic mass is 10.1. The molecule has 0 unspecified atom stereocenters. The zero-order valence-corrected chi connectivity index (χ0v) is 25.6. The number of aryl methyl sites for hydroxylation is 1. The Morgan fingerprint density at radius 1 is 1.19 bits per heavy atom. The van der Waals surface area contributed by atoms with Gasteiger partial charge in [0.1, 0.15) is 23.9 Å². The van der Waals surface area contributed by atoms with Gasteiger partial charge in [0, 0.05) is 25.1 Å². The first-order valence-corrected chi connectivity index (χ1v) is 14.1. The van der Waals surface area contributed by atoms with Gasteiger partial charge in [-0.25, -0.2) is 14.6 Å². The molecule has 0 saturated heterocycles. The molecule has 10 heteroatoms. The molecule has 0 bridgehead atoms. The van der Waals surface area contributed by atoms with Gasteiger partial charge in [-0.1, -0.05) is 27.6 Å². The van der Waals surface area contributed by atoms with E-state index in [-0.39, 0.29) is 12.1 Å². The van der Waals surface area contributed by atoms with E-state index in [0.717, 1.165) is 20.8 Å². The van der Waals surface area contributed by atoms with Crippen molar-refractivity contribution in [2.75, 3.05) is 0 Å². The number of carbonyl (C=O) groups excluding carboxylic acids is 3. The second-order valence-electron chi connectivity index (χ2n) is 10.0. The predicted octanol–water partition coefficient (Wildman–Crippen LogP) is 6.42. The van der Waals surface area contributed by atoms with Gasteiger partial charge in [-0.3, -0.25) is 4.79 Å². The Labute approximate surface area is 233 Å². The smallest absolute Gasteiger partial charge is 0.408 e. The fourth-order valence-corrected chi connectivity index (χ4v) is 4.58. The molecule has 8 nitrogen and oxygen atoms in total. The first-order chi connectivity index (χ1) is 17.2. The number of amides is 1. The number of alkyl carbamates (subject to hydrolysis) is 1. The Morgan fingerprint density at radius 2 is 1.86 bits per heavy atom. The molecule has 0 aliphatic heterocycles. The van der Waals surface area contributed by atoms with Crippen LogP contribution in [0.25, 0.3) is 0 Å². The highest BCUT2D eigenvalue weighted by Crippen LogP contribution is 2.19. The average Bonchev–Trinajstić information content (AvgIpc) is 3.17. The second-order valence-corrected chi connectivity index (χ2v) is 12.2. The van der Waals surface area contributed by atoms with E-state index in [4.69, 9.17) is 14.2 Å². The molecule has 0 aliphatic carbocycles. The van der Waals surface area contributed by atoms with Gasteiger partial charge in [-0.2, -0.15) is 0 Å². The van der Waals surface area contributed by atoms with E-state index in [1.165, 1.54) is 18.3 Å². The Bertz CT molecular complexity index is 962. The summed E-state index contributed by atoms with van der Waals surface area (Å²) in [4.78, 5) is 41.3. The third kappa shape index (κ3) is 15.0. The van der Waals surface area contributed by atoms with E-state index < -0.39 is 29.8 Å². The van der Waals surface area contributed by atoms with Crippen molar-refractivity contribution < 1.29 is 28.6 Å². The normalized spacial score (nSPS) is 14.9. The fourth-order valence-electron chi connectivity index (χ4n) is 3.41. The van der Waals surface area contributed by atoms with Crippen LogP contribution in [0.1, 0.15) is 85.4 Å².